The second-order valence-corrected chi connectivity index (χ2v) is 6.41. The molecule has 2 rings (SSSR count). The maximum absolute atomic E-state index is 13.7. The minimum atomic E-state index is -4.22. The first-order valence-corrected chi connectivity index (χ1v) is 7.85. The van der Waals surface area contributed by atoms with Crippen LogP contribution in [0.25, 0.3) is 0 Å². The van der Waals surface area contributed by atoms with Crippen molar-refractivity contribution in [3.05, 3.63) is 40.9 Å². The normalized spacial score (nSPS) is 11.6. The average molecular weight is 319 g/mol. The number of aromatic nitrogens is 1. The molecule has 0 saturated carbocycles. The van der Waals surface area contributed by atoms with E-state index in [-0.39, 0.29) is 11.7 Å². The molecule has 2 N–H and O–H groups in total. The van der Waals surface area contributed by atoms with Crippen molar-refractivity contribution in [2.45, 2.75) is 11.4 Å². The van der Waals surface area contributed by atoms with Gasteiger partial charge in [0.15, 0.2) is 16.8 Å². The first kappa shape index (κ1) is 14.8. The summed E-state index contributed by atoms with van der Waals surface area (Å²) >= 11 is 1.04. The third-order valence-corrected chi connectivity index (χ3v) is 4.53. The van der Waals surface area contributed by atoms with E-state index in [0.717, 1.165) is 23.5 Å². The monoisotopic (exact) mass is 319 g/mol. The Morgan fingerprint density at radius 2 is 2.10 bits per heavy atom. The SMILES string of the molecule is CNCc1cc(F)c(F)c(S(=O)(=O)Nc2nccs2)c1. The van der Waals surface area contributed by atoms with Crippen molar-refractivity contribution in [1.82, 2.24) is 10.3 Å². The largest absolute Gasteiger partial charge is 0.316 e. The van der Waals surface area contributed by atoms with Crippen LogP contribution in [0.5, 0.6) is 0 Å². The van der Waals surface area contributed by atoms with Gasteiger partial charge in [0.05, 0.1) is 0 Å². The van der Waals surface area contributed by atoms with Gasteiger partial charge in [-0.2, -0.15) is 0 Å². The van der Waals surface area contributed by atoms with Crippen LogP contribution in [0.15, 0.2) is 28.6 Å². The van der Waals surface area contributed by atoms with Gasteiger partial charge in [0, 0.05) is 18.1 Å². The summed E-state index contributed by atoms with van der Waals surface area (Å²) in [5, 5.41) is 4.39. The van der Waals surface area contributed by atoms with E-state index in [1.807, 2.05) is 0 Å². The fourth-order valence-electron chi connectivity index (χ4n) is 1.56. The molecule has 2 aromatic rings. The molecule has 0 spiro atoms. The third kappa shape index (κ3) is 3.11. The van der Waals surface area contributed by atoms with E-state index in [4.69, 9.17) is 0 Å². The maximum Gasteiger partial charge on any atom is 0.266 e. The number of halogens is 2. The fraction of sp³-hybridized carbons (Fsp3) is 0.182. The number of benzene rings is 1. The van der Waals surface area contributed by atoms with E-state index >= 15 is 0 Å². The summed E-state index contributed by atoms with van der Waals surface area (Å²) in [6.07, 6.45) is 1.40. The molecule has 0 radical (unpaired) electrons. The van der Waals surface area contributed by atoms with Crippen LogP contribution in [-0.4, -0.2) is 20.4 Å². The summed E-state index contributed by atoms with van der Waals surface area (Å²) in [7, 11) is -2.61. The Kier molecular flexibility index (Phi) is 4.31. The molecule has 1 aromatic heterocycles. The van der Waals surface area contributed by atoms with E-state index in [9.17, 15) is 17.2 Å². The van der Waals surface area contributed by atoms with Gasteiger partial charge in [-0.15, -0.1) is 11.3 Å². The second kappa shape index (κ2) is 5.81. The summed E-state index contributed by atoms with van der Waals surface area (Å²) < 4.78 is 53.4. The number of thiazole rings is 1. The number of nitrogens with one attached hydrogen (secondary N) is 2. The number of nitrogens with zero attached hydrogens (tertiary/aromatic N) is 1. The van der Waals surface area contributed by atoms with Crippen LogP contribution in [0.2, 0.25) is 0 Å². The van der Waals surface area contributed by atoms with Crippen molar-refractivity contribution in [3.63, 3.8) is 0 Å². The lowest BCUT2D eigenvalue weighted by atomic mass is 10.2. The smallest absolute Gasteiger partial charge is 0.266 e. The van der Waals surface area contributed by atoms with Gasteiger partial charge in [0.2, 0.25) is 0 Å². The van der Waals surface area contributed by atoms with Gasteiger partial charge in [0.1, 0.15) is 4.90 Å². The Labute approximate surface area is 118 Å². The molecule has 0 aliphatic heterocycles. The lowest BCUT2D eigenvalue weighted by Gasteiger charge is -2.09. The van der Waals surface area contributed by atoms with Crippen molar-refractivity contribution in [1.29, 1.82) is 0 Å². The van der Waals surface area contributed by atoms with E-state index < -0.39 is 26.6 Å². The Bertz CT molecular complexity index is 703. The molecule has 0 saturated heterocycles. The van der Waals surface area contributed by atoms with Gasteiger partial charge in [-0.1, -0.05) is 0 Å². The summed E-state index contributed by atoms with van der Waals surface area (Å²) in [5.41, 5.74) is 0.325. The highest BCUT2D eigenvalue weighted by atomic mass is 32.2. The molecule has 108 valence electrons. The molecule has 20 heavy (non-hydrogen) atoms. The zero-order valence-electron chi connectivity index (χ0n) is 10.4. The zero-order chi connectivity index (χ0) is 14.8. The van der Waals surface area contributed by atoms with Crippen molar-refractivity contribution < 1.29 is 17.2 Å². The van der Waals surface area contributed by atoms with Crippen LogP contribution in [0.3, 0.4) is 0 Å². The molecule has 0 aliphatic rings. The molecule has 0 atom stereocenters. The topological polar surface area (TPSA) is 71.1 Å². The molecule has 1 aromatic carbocycles. The van der Waals surface area contributed by atoms with E-state index in [1.54, 1.807) is 12.4 Å². The van der Waals surface area contributed by atoms with E-state index in [2.05, 4.69) is 15.0 Å². The molecule has 5 nitrogen and oxygen atoms in total. The van der Waals surface area contributed by atoms with Crippen LogP contribution < -0.4 is 10.0 Å². The van der Waals surface area contributed by atoms with E-state index in [0.29, 0.717) is 5.56 Å². The number of anilines is 1. The number of hydrogen-bond acceptors (Lipinski definition) is 5. The summed E-state index contributed by atoms with van der Waals surface area (Å²) in [4.78, 5) is 3.00. The lowest BCUT2D eigenvalue weighted by Crippen LogP contribution is -2.16. The number of sulfonamides is 1. The number of rotatable bonds is 5. The molecule has 0 fully saturated rings. The molecule has 0 unspecified atom stereocenters. The standard InChI is InChI=1S/C11H11F2N3O2S2/c1-14-6-7-4-8(12)10(13)9(5-7)20(17,18)16-11-15-2-3-19-11/h2-5,14H,6H2,1H3,(H,15,16). The number of hydrogen-bond donors (Lipinski definition) is 2. The van der Waals surface area contributed by atoms with Gasteiger partial charge in [-0.3, -0.25) is 4.72 Å². The Balaban J connectivity index is 2.44. The molecular weight excluding hydrogens is 308 g/mol. The summed E-state index contributed by atoms with van der Waals surface area (Å²) in [6, 6.07) is 2.04. The van der Waals surface area contributed by atoms with Gasteiger partial charge < -0.3 is 5.32 Å². The molecule has 0 aliphatic carbocycles. The predicted octanol–water partition coefficient (Wildman–Crippen LogP) is 1.94. The van der Waals surface area contributed by atoms with Crippen molar-refractivity contribution in [2.24, 2.45) is 0 Å². The second-order valence-electron chi connectivity index (χ2n) is 3.86. The van der Waals surface area contributed by atoms with E-state index in [1.165, 1.54) is 6.20 Å². The summed E-state index contributed by atoms with van der Waals surface area (Å²) in [5.74, 6) is -2.62. The van der Waals surface area contributed by atoms with Gasteiger partial charge in [0.25, 0.3) is 10.0 Å². The highest BCUT2D eigenvalue weighted by molar-refractivity contribution is 7.93. The van der Waals surface area contributed by atoms with Crippen LogP contribution >= 0.6 is 11.3 Å². The predicted molar refractivity (Wildman–Crippen MR) is 72.0 cm³/mol. The highest BCUT2D eigenvalue weighted by Gasteiger charge is 2.23. The van der Waals surface area contributed by atoms with Crippen LogP contribution in [-0.2, 0) is 16.6 Å². The molecule has 0 amide bonds. The van der Waals surface area contributed by atoms with Gasteiger partial charge in [-0.25, -0.2) is 22.2 Å². The third-order valence-electron chi connectivity index (χ3n) is 2.38. The quantitative estimate of drug-likeness (QED) is 0.883. The molecule has 9 heteroatoms. The van der Waals surface area contributed by atoms with Crippen molar-refractivity contribution in [2.75, 3.05) is 11.8 Å². The van der Waals surface area contributed by atoms with Gasteiger partial charge in [-0.05, 0) is 24.7 Å². The first-order valence-electron chi connectivity index (χ1n) is 5.49. The van der Waals surface area contributed by atoms with Gasteiger partial charge >= 0.3 is 0 Å². The maximum atomic E-state index is 13.7. The Morgan fingerprint density at radius 1 is 1.35 bits per heavy atom. The first-order chi connectivity index (χ1) is 9.44. The van der Waals surface area contributed by atoms with Crippen molar-refractivity contribution in [3.8, 4) is 0 Å². The molecule has 1 heterocycles. The van der Waals surface area contributed by atoms with Crippen LogP contribution in [0, 0.1) is 11.6 Å². The Hall–Kier alpha value is -1.58. The van der Waals surface area contributed by atoms with Crippen LogP contribution in [0.1, 0.15) is 5.56 Å². The zero-order valence-corrected chi connectivity index (χ0v) is 12.0. The Morgan fingerprint density at radius 3 is 2.70 bits per heavy atom. The highest BCUT2D eigenvalue weighted by Crippen LogP contribution is 2.23. The van der Waals surface area contributed by atoms with Crippen LogP contribution in [0.4, 0.5) is 13.9 Å². The molecule has 0 bridgehead atoms. The minimum absolute atomic E-state index is 0.0869. The summed E-state index contributed by atoms with van der Waals surface area (Å²) in [6.45, 7) is 0.219. The molecular formula is C11H11F2N3O2S2. The lowest BCUT2D eigenvalue weighted by molar-refractivity contribution is 0.483. The average Bonchev–Trinajstić information content (AvgIpc) is 2.85. The van der Waals surface area contributed by atoms with Crippen molar-refractivity contribution >= 4 is 26.5 Å². The minimum Gasteiger partial charge on any atom is -0.316 e. The fourth-order valence-corrected chi connectivity index (χ4v) is 3.49.